The normalized spacial score (nSPS) is 15.8. The molecular formula is C17H19ClN4O2. The Bertz CT molecular complexity index is 756. The molecule has 0 radical (unpaired) electrons. The summed E-state index contributed by atoms with van der Waals surface area (Å²) in [7, 11) is 0. The number of likely N-dealkylation sites (tertiary alicyclic amines) is 1. The van der Waals surface area contributed by atoms with Crippen LogP contribution < -0.4 is 0 Å². The Kier molecular flexibility index (Phi) is 4.43. The molecule has 1 amide bonds. The third-order valence-electron chi connectivity index (χ3n) is 3.97. The van der Waals surface area contributed by atoms with E-state index in [0.717, 1.165) is 5.56 Å². The van der Waals surface area contributed by atoms with E-state index in [1.807, 2.05) is 12.1 Å². The number of amides is 1. The minimum Gasteiger partial charge on any atom is -0.384 e. The zero-order chi connectivity index (χ0) is 17.3. The lowest BCUT2D eigenvalue weighted by molar-refractivity contribution is -0.131. The predicted molar refractivity (Wildman–Crippen MR) is 91.4 cm³/mol. The minimum atomic E-state index is -1.02. The third-order valence-corrected chi connectivity index (χ3v) is 4.23. The van der Waals surface area contributed by atoms with Crippen LogP contribution in [0.25, 0.3) is 6.08 Å². The summed E-state index contributed by atoms with van der Waals surface area (Å²) in [5.74, 6) is -0.0379. The maximum absolute atomic E-state index is 12.1. The molecule has 0 aliphatic carbocycles. The van der Waals surface area contributed by atoms with Crippen molar-refractivity contribution in [2.75, 3.05) is 13.1 Å². The Balaban J connectivity index is 1.55. The van der Waals surface area contributed by atoms with Crippen molar-refractivity contribution in [3.05, 3.63) is 52.8 Å². The maximum atomic E-state index is 12.1. The average molecular weight is 347 g/mol. The Morgan fingerprint density at radius 1 is 1.33 bits per heavy atom. The van der Waals surface area contributed by atoms with E-state index in [9.17, 15) is 9.90 Å². The molecule has 24 heavy (non-hydrogen) atoms. The first kappa shape index (κ1) is 16.7. The highest BCUT2D eigenvalue weighted by atomic mass is 35.5. The summed E-state index contributed by atoms with van der Waals surface area (Å²) < 4.78 is 1.71. The van der Waals surface area contributed by atoms with Gasteiger partial charge in [-0.15, -0.1) is 5.10 Å². The van der Waals surface area contributed by atoms with Gasteiger partial charge in [-0.3, -0.25) is 4.79 Å². The third kappa shape index (κ3) is 3.66. The summed E-state index contributed by atoms with van der Waals surface area (Å²) in [5, 5.41) is 18.6. The van der Waals surface area contributed by atoms with E-state index in [1.54, 1.807) is 53.9 Å². The van der Waals surface area contributed by atoms with Crippen LogP contribution in [-0.2, 0) is 10.4 Å². The first-order valence-corrected chi connectivity index (χ1v) is 8.08. The summed E-state index contributed by atoms with van der Waals surface area (Å²) >= 11 is 5.83. The van der Waals surface area contributed by atoms with Crippen molar-refractivity contribution in [3.63, 3.8) is 0 Å². The van der Waals surface area contributed by atoms with E-state index < -0.39 is 5.60 Å². The van der Waals surface area contributed by atoms with Gasteiger partial charge in [0.05, 0.1) is 12.2 Å². The van der Waals surface area contributed by atoms with Gasteiger partial charge >= 0.3 is 0 Å². The van der Waals surface area contributed by atoms with Gasteiger partial charge in [0.15, 0.2) is 0 Å². The molecule has 1 saturated heterocycles. The standard InChI is InChI=1S/C17H19ClN4O2/c1-17(2,24)15-11-22(20-19-15)14-9-21(10-14)16(23)8-5-12-3-6-13(18)7-4-12/h3-8,11,14,24H,9-10H2,1-2H3/b8-5+. The Hall–Kier alpha value is -2.18. The second-order valence-electron chi connectivity index (χ2n) is 6.42. The quantitative estimate of drug-likeness (QED) is 0.862. The lowest BCUT2D eigenvalue weighted by Crippen LogP contribution is -2.50. The van der Waals surface area contributed by atoms with Crippen LogP contribution in [0.15, 0.2) is 36.5 Å². The van der Waals surface area contributed by atoms with E-state index in [4.69, 9.17) is 11.6 Å². The number of hydrogen-bond donors (Lipinski definition) is 1. The van der Waals surface area contributed by atoms with Crippen molar-refractivity contribution in [3.8, 4) is 0 Å². The number of benzene rings is 1. The van der Waals surface area contributed by atoms with Crippen LogP contribution in [0.5, 0.6) is 0 Å². The van der Waals surface area contributed by atoms with E-state index in [-0.39, 0.29) is 11.9 Å². The molecule has 7 heteroatoms. The summed E-state index contributed by atoms with van der Waals surface area (Å²) in [6.07, 6.45) is 5.06. The molecule has 1 aliphatic heterocycles. The molecule has 126 valence electrons. The van der Waals surface area contributed by atoms with Crippen molar-refractivity contribution in [2.45, 2.75) is 25.5 Å². The summed E-state index contributed by atoms with van der Waals surface area (Å²) in [6.45, 7) is 4.50. The van der Waals surface area contributed by atoms with Gasteiger partial charge in [-0.05, 0) is 37.6 Å². The minimum absolute atomic E-state index is 0.0379. The number of carbonyl (C=O) groups is 1. The number of carbonyl (C=O) groups excluding carboxylic acids is 1. The fourth-order valence-corrected chi connectivity index (χ4v) is 2.51. The molecular weight excluding hydrogens is 328 g/mol. The maximum Gasteiger partial charge on any atom is 0.246 e. The smallest absolute Gasteiger partial charge is 0.246 e. The van der Waals surface area contributed by atoms with Gasteiger partial charge in [-0.2, -0.15) is 0 Å². The van der Waals surface area contributed by atoms with Crippen LogP contribution in [0.1, 0.15) is 31.1 Å². The van der Waals surface area contributed by atoms with Gasteiger partial charge in [-0.25, -0.2) is 4.68 Å². The lowest BCUT2D eigenvalue weighted by Gasteiger charge is -2.38. The molecule has 0 unspecified atom stereocenters. The number of nitrogens with zero attached hydrogens (tertiary/aromatic N) is 4. The molecule has 0 saturated carbocycles. The second kappa shape index (κ2) is 6.37. The van der Waals surface area contributed by atoms with Crippen LogP contribution in [0.3, 0.4) is 0 Å². The molecule has 1 aromatic carbocycles. The molecule has 0 spiro atoms. The van der Waals surface area contributed by atoms with Crippen molar-refractivity contribution in [1.29, 1.82) is 0 Å². The van der Waals surface area contributed by atoms with Crippen LogP contribution in [0, 0.1) is 0 Å². The van der Waals surface area contributed by atoms with E-state index in [1.165, 1.54) is 0 Å². The molecule has 0 bridgehead atoms. The first-order chi connectivity index (χ1) is 11.3. The molecule has 1 aliphatic rings. The monoisotopic (exact) mass is 346 g/mol. The zero-order valence-electron chi connectivity index (χ0n) is 13.6. The van der Waals surface area contributed by atoms with Gasteiger partial charge < -0.3 is 10.0 Å². The Morgan fingerprint density at radius 2 is 2.00 bits per heavy atom. The number of rotatable bonds is 4. The van der Waals surface area contributed by atoms with Crippen LogP contribution in [0.4, 0.5) is 0 Å². The Morgan fingerprint density at radius 3 is 2.58 bits per heavy atom. The number of hydrogen-bond acceptors (Lipinski definition) is 4. The molecule has 2 aromatic rings. The van der Waals surface area contributed by atoms with E-state index in [2.05, 4.69) is 10.3 Å². The topological polar surface area (TPSA) is 71.2 Å². The van der Waals surface area contributed by atoms with Gasteiger partial charge in [0.25, 0.3) is 0 Å². The molecule has 0 atom stereocenters. The fourth-order valence-electron chi connectivity index (χ4n) is 2.38. The van der Waals surface area contributed by atoms with Crippen LogP contribution in [-0.4, -0.2) is 44.0 Å². The van der Waals surface area contributed by atoms with Crippen molar-refractivity contribution < 1.29 is 9.90 Å². The Labute approximate surface area is 145 Å². The van der Waals surface area contributed by atoms with E-state index in [0.29, 0.717) is 23.8 Å². The van der Waals surface area contributed by atoms with Crippen molar-refractivity contribution in [1.82, 2.24) is 19.9 Å². The fraction of sp³-hybridized carbons (Fsp3) is 0.353. The molecule has 1 N–H and O–H groups in total. The van der Waals surface area contributed by atoms with Crippen LogP contribution >= 0.6 is 11.6 Å². The van der Waals surface area contributed by atoms with Crippen molar-refractivity contribution in [2.24, 2.45) is 0 Å². The van der Waals surface area contributed by atoms with E-state index >= 15 is 0 Å². The number of halogens is 1. The highest BCUT2D eigenvalue weighted by Crippen LogP contribution is 2.23. The van der Waals surface area contributed by atoms with Gasteiger partial charge in [0.2, 0.25) is 5.91 Å². The zero-order valence-corrected chi connectivity index (χ0v) is 14.3. The molecule has 2 heterocycles. The molecule has 3 rings (SSSR count). The second-order valence-corrected chi connectivity index (χ2v) is 6.86. The molecule has 1 fully saturated rings. The number of aromatic nitrogens is 3. The largest absolute Gasteiger partial charge is 0.384 e. The highest BCUT2D eigenvalue weighted by Gasteiger charge is 2.32. The lowest BCUT2D eigenvalue weighted by atomic mass is 10.1. The molecule has 1 aromatic heterocycles. The van der Waals surface area contributed by atoms with Crippen LogP contribution in [0.2, 0.25) is 5.02 Å². The van der Waals surface area contributed by atoms with Gasteiger partial charge in [-0.1, -0.05) is 28.9 Å². The highest BCUT2D eigenvalue weighted by molar-refractivity contribution is 6.30. The average Bonchev–Trinajstić information content (AvgIpc) is 2.95. The predicted octanol–water partition coefficient (Wildman–Crippen LogP) is 2.26. The SMILES string of the molecule is CC(C)(O)c1cn(C2CN(C(=O)/C=C/c3ccc(Cl)cc3)C2)nn1. The number of aliphatic hydroxyl groups is 1. The molecule has 6 nitrogen and oxygen atoms in total. The van der Waals surface area contributed by atoms with Gasteiger partial charge in [0.1, 0.15) is 11.3 Å². The van der Waals surface area contributed by atoms with Gasteiger partial charge in [0, 0.05) is 24.2 Å². The van der Waals surface area contributed by atoms with Crippen molar-refractivity contribution >= 4 is 23.6 Å². The first-order valence-electron chi connectivity index (χ1n) is 7.70. The summed E-state index contributed by atoms with van der Waals surface area (Å²) in [6, 6.07) is 7.39. The summed E-state index contributed by atoms with van der Waals surface area (Å²) in [4.78, 5) is 13.9. The summed E-state index contributed by atoms with van der Waals surface area (Å²) in [5.41, 5.74) is 0.435.